The summed E-state index contributed by atoms with van der Waals surface area (Å²) in [5.41, 5.74) is 0.956. The highest BCUT2D eigenvalue weighted by molar-refractivity contribution is 5.32. The predicted octanol–water partition coefficient (Wildman–Crippen LogP) is 0.702. The van der Waals surface area contributed by atoms with Crippen LogP contribution in [0.3, 0.4) is 0 Å². The zero-order valence-corrected chi connectivity index (χ0v) is 14.1. The van der Waals surface area contributed by atoms with Gasteiger partial charge in [-0.1, -0.05) is 12.1 Å². The first-order chi connectivity index (χ1) is 12.1. The average molecular weight is 343 g/mol. The molecule has 7 heteroatoms. The summed E-state index contributed by atoms with van der Waals surface area (Å²) in [7, 11) is 1.61. The van der Waals surface area contributed by atoms with Gasteiger partial charge in [0, 0.05) is 0 Å². The van der Waals surface area contributed by atoms with E-state index in [1.165, 1.54) is 0 Å². The largest absolute Gasteiger partial charge is 0.497 e. The molecule has 0 aliphatic carbocycles. The second kappa shape index (κ2) is 6.16. The Morgan fingerprint density at radius 1 is 1.28 bits per heavy atom. The fraction of sp³-hybridized carbons (Fsp3) is 0.444. The summed E-state index contributed by atoms with van der Waals surface area (Å²) >= 11 is 0. The van der Waals surface area contributed by atoms with Gasteiger partial charge in [0.25, 0.3) is 5.56 Å². The lowest BCUT2D eigenvalue weighted by Crippen LogP contribution is -2.44. The van der Waals surface area contributed by atoms with Gasteiger partial charge in [0.15, 0.2) is 0 Å². The maximum Gasteiger partial charge on any atom is 0.328 e. The molecule has 2 aliphatic heterocycles. The maximum atomic E-state index is 12.5. The van der Waals surface area contributed by atoms with Crippen LogP contribution in [0.25, 0.3) is 0 Å². The normalized spacial score (nSPS) is 18.3. The minimum absolute atomic E-state index is 0.290. The Bertz CT molecular complexity index is 909. The van der Waals surface area contributed by atoms with Gasteiger partial charge < -0.3 is 14.8 Å². The Morgan fingerprint density at radius 2 is 2.08 bits per heavy atom. The molecule has 0 radical (unpaired) electrons. The molecule has 1 fully saturated rings. The fourth-order valence-corrected chi connectivity index (χ4v) is 3.86. The Balaban J connectivity index is 1.79. The van der Waals surface area contributed by atoms with Crippen LogP contribution in [-0.4, -0.2) is 29.8 Å². The smallest absolute Gasteiger partial charge is 0.328 e. The summed E-state index contributed by atoms with van der Waals surface area (Å²) < 4.78 is 12.9. The molecule has 0 amide bonds. The van der Waals surface area contributed by atoms with E-state index in [9.17, 15) is 9.59 Å². The molecule has 2 aliphatic rings. The molecule has 1 aromatic carbocycles. The number of nitrogens with one attached hydrogen (secondary N) is 2. The highest BCUT2D eigenvalue weighted by atomic mass is 16.5. The number of rotatable bonds is 3. The van der Waals surface area contributed by atoms with Crippen molar-refractivity contribution in [3.05, 3.63) is 61.9 Å². The van der Waals surface area contributed by atoms with Crippen molar-refractivity contribution in [1.29, 1.82) is 0 Å². The van der Waals surface area contributed by atoms with Gasteiger partial charge in [0.05, 0.1) is 31.5 Å². The predicted molar refractivity (Wildman–Crippen MR) is 92.0 cm³/mol. The van der Waals surface area contributed by atoms with Gasteiger partial charge in [-0.2, -0.15) is 0 Å². The van der Waals surface area contributed by atoms with Crippen molar-refractivity contribution >= 4 is 0 Å². The number of aromatic amines is 1. The van der Waals surface area contributed by atoms with Crippen LogP contribution in [-0.2, 0) is 23.5 Å². The van der Waals surface area contributed by atoms with Crippen LogP contribution in [0.1, 0.15) is 29.7 Å². The van der Waals surface area contributed by atoms with Crippen molar-refractivity contribution in [2.24, 2.45) is 0 Å². The second-order valence-corrected chi connectivity index (χ2v) is 6.55. The molecule has 3 heterocycles. The molecule has 2 N–H and O–H groups in total. The number of ether oxygens (including phenoxy) is 2. The zero-order chi connectivity index (χ0) is 17.4. The van der Waals surface area contributed by atoms with Crippen LogP contribution in [0.4, 0.5) is 0 Å². The molecule has 0 unspecified atom stereocenters. The van der Waals surface area contributed by atoms with Crippen molar-refractivity contribution in [2.75, 3.05) is 20.2 Å². The Labute approximate surface area is 144 Å². The lowest BCUT2D eigenvalue weighted by Gasteiger charge is -2.33. The topological polar surface area (TPSA) is 85.4 Å². The van der Waals surface area contributed by atoms with E-state index in [0.29, 0.717) is 24.4 Å². The van der Waals surface area contributed by atoms with E-state index in [1.807, 2.05) is 24.3 Å². The molecular formula is C18H21N3O4. The zero-order valence-electron chi connectivity index (χ0n) is 14.1. The number of aromatic nitrogens is 2. The van der Waals surface area contributed by atoms with Crippen molar-refractivity contribution in [2.45, 2.75) is 31.6 Å². The second-order valence-electron chi connectivity index (χ2n) is 6.55. The minimum Gasteiger partial charge on any atom is -0.497 e. The summed E-state index contributed by atoms with van der Waals surface area (Å²) in [5, 5.41) is 3.29. The summed E-state index contributed by atoms with van der Waals surface area (Å²) in [6.07, 6.45) is 1.47. The first kappa shape index (κ1) is 16.1. The molecule has 1 aromatic heterocycles. The molecule has 25 heavy (non-hydrogen) atoms. The van der Waals surface area contributed by atoms with E-state index in [4.69, 9.17) is 9.47 Å². The van der Waals surface area contributed by atoms with Gasteiger partial charge in [0.1, 0.15) is 11.4 Å². The van der Waals surface area contributed by atoms with Crippen molar-refractivity contribution < 1.29 is 9.47 Å². The number of nitrogens with zero attached hydrogens (tertiary/aromatic N) is 1. The third kappa shape index (κ3) is 2.69. The first-order valence-electron chi connectivity index (χ1n) is 8.47. The molecule has 132 valence electrons. The van der Waals surface area contributed by atoms with Crippen LogP contribution in [0.5, 0.6) is 5.75 Å². The number of hydrogen-bond donors (Lipinski definition) is 2. The quantitative estimate of drug-likeness (QED) is 0.857. The van der Waals surface area contributed by atoms with E-state index in [2.05, 4.69) is 10.3 Å². The molecule has 4 rings (SSSR count). The Hall–Kier alpha value is -2.38. The van der Waals surface area contributed by atoms with Gasteiger partial charge >= 0.3 is 5.69 Å². The van der Waals surface area contributed by atoms with Gasteiger partial charge in [-0.05, 0) is 43.6 Å². The average Bonchev–Trinajstić information content (AvgIpc) is 2.98. The fourth-order valence-electron chi connectivity index (χ4n) is 3.86. The van der Waals surface area contributed by atoms with Gasteiger partial charge in [-0.3, -0.25) is 14.3 Å². The van der Waals surface area contributed by atoms with E-state index in [-0.39, 0.29) is 5.56 Å². The molecule has 0 bridgehead atoms. The molecule has 1 spiro atoms. The third-order valence-corrected chi connectivity index (χ3v) is 5.13. The third-order valence-electron chi connectivity index (χ3n) is 5.13. The van der Waals surface area contributed by atoms with Gasteiger partial charge in [-0.25, -0.2) is 4.79 Å². The number of H-pyrrole nitrogens is 1. The summed E-state index contributed by atoms with van der Waals surface area (Å²) in [5.74, 6) is 0.734. The van der Waals surface area contributed by atoms with E-state index in [1.54, 1.807) is 11.7 Å². The summed E-state index contributed by atoms with van der Waals surface area (Å²) in [4.78, 5) is 27.4. The van der Waals surface area contributed by atoms with Crippen LogP contribution in [0, 0.1) is 0 Å². The van der Waals surface area contributed by atoms with E-state index in [0.717, 1.165) is 37.2 Å². The first-order valence-corrected chi connectivity index (χ1v) is 8.47. The standard InChI is InChI=1S/C18H21N3O4/c1-24-13-4-2-3-12(9-13)10-21-14-11-25-18(5-7-19-8-6-18)15(14)16(22)20-17(21)23/h2-4,9,19H,5-8,10-11H2,1H3,(H,20,22,23). The van der Waals surface area contributed by atoms with Gasteiger partial charge in [0.2, 0.25) is 0 Å². The van der Waals surface area contributed by atoms with Crippen LogP contribution < -0.4 is 21.3 Å². The van der Waals surface area contributed by atoms with E-state index >= 15 is 0 Å². The summed E-state index contributed by atoms with van der Waals surface area (Å²) in [6.45, 7) is 2.26. The molecular weight excluding hydrogens is 322 g/mol. The minimum atomic E-state index is -0.571. The van der Waals surface area contributed by atoms with Crippen molar-refractivity contribution in [3.63, 3.8) is 0 Å². The highest BCUT2D eigenvalue weighted by Crippen LogP contribution is 2.40. The number of benzene rings is 1. The van der Waals surface area contributed by atoms with Gasteiger partial charge in [-0.15, -0.1) is 0 Å². The molecule has 0 atom stereocenters. The lowest BCUT2D eigenvalue weighted by molar-refractivity contribution is -0.0602. The maximum absolute atomic E-state index is 12.5. The van der Waals surface area contributed by atoms with E-state index < -0.39 is 11.3 Å². The summed E-state index contributed by atoms with van der Waals surface area (Å²) in [6, 6.07) is 7.56. The van der Waals surface area contributed by atoms with Crippen molar-refractivity contribution in [3.8, 4) is 5.75 Å². The number of fused-ring (bicyclic) bond motifs is 2. The number of hydrogen-bond acceptors (Lipinski definition) is 5. The van der Waals surface area contributed by atoms with Crippen LogP contribution >= 0.6 is 0 Å². The Morgan fingerprint density at radius 3 is 2.84 bits per heavy atom. The Kier molecular flexibility index (Phi) is 3.97. The molecule has 1 saturated heterocycles. The van der Waals surface area contributed by atoms with Crippen molar-refractivity contribution in [1.82, 2.24) is 14.9 Å². The SMILES string of the molecule is COc1cccc(Cn2c3c(c(=O)[nH]c2=O)C2(CCNCC2)OC3)c1. The van der Waals surface area contributed by atoms with Crippen LogP contribution in [0.2, 0.25) is 0 Å². The number of piperidine rings is 1. The lowest BCUT2D eigenvalue weighted by atomic mass is 9.86. The molecule has 2 aromatic rings. The number of methoxy groups -OCH3 is 1. The van der Waals surface area contributed by atoms with Crippen LogP contribution in [0.15, 0.2) is 33.9 Å². The molecule has 7 nitrogen and oxygen atoms in total. The highest BCUT2D eigenvalue weighted by Gasteiger charge is 2.44. The monoisotopic (exact) mass is 343 g/mol. The molecule has 0 saturated carbocycles.